The van der Waals surface area contributed by atoms with Crippen LogP contribution < -0.4 is 11.2 Å². The Bertz CT molecular complexity index is 934. The van der Waals surface area contributed by atoms with Gasteiger partial charge in [-0.3, -0.25) is 13.9 Å². The number of aliphatic hydroxyl groups is 1. The van der Waals surface area contributed by atoms with E-state index in [1.54, 1.807) is 27.7 Å². The van der Waals surface area contributed by atoms with E-state index in [-0.39, 0.29) is 19.9 Å². The molecular formula is C18H29N2O10P. The van der Waals surface area contributed by atoms with Crippen molar-refractivity contribution in [2.45, 2.75) is 70.6 Å². The van der Waals surface area contributed by atoms with Crippen molar-refractivity contribution in [1.29, 1.82) is 0 Å². The summed E-state index contributed by atoms with van der Waals surface area (Å²) in [5.41, 5.74) is -1.24. The summed E-state index contributed by atoms with van der Waals surface area (Å²) in [5.74, 6) is -2.75. The third-order valence-corrected chi connectivity index (χ3v) is 7.11. The number of ether oxygens (including phenoxy) is 4. The molecule has 0 saturated carbocycles. The Balaban J connectivity index is 2.02. The van der Waals surface area contributed by atoms with Gasteiger partial charge >= 0.3 is 13.3 Å². The van der Waals surface area contributed by atoms with E-state index in [1.165, 1.54) is 19.4 Å². The number of rotatable bonds is 9. The lowest BCUT2D eigenvalue weighted by Crippen LogP contribution is -2.43. The van der Waals surface area contributed by atoms with Crippen LogP contribution in [0.5, 0.6) is 0 Å². The molecule has 0 aliphatic carbocycles. The molecule has 1 aromatic rings. The number of aliphatic hydroxyl groups excluding tert-OH is 1. The molecule has 12 nitrogen and oxygen atoms in total. The summed E-state index contributed by atoms with van der Waals surface area (Å²) in [7, 11) is -2.62. The highest BCUT2D eigenvalue weighted by atomic mass is 31.2. The van der Waals surface area contributed by atoms with Crippen LogP contribution in [0.3, 0.4) is 0 Å². The van der Waals surface area contributed by atoms with Crippen molar-refractivity contribution in [2.24, 2.45) is 0 Å². The largest absolute Gasteiger partial charge is 0.378 e. The first-order valence-electron chi connectivity index (χ1n) is 9.97. The zero-order valence-corrected chi connectivity index (χ0v) is 19.0. The van der Waals surface area contributed by atoms with Crippen molar-refractivity contribution in [3.8, 4) is 0 Å². The van der Waals surface area contributed by atoms with Gasteiger partial charge in [-0.05, 0) is 27.7 Å². The fourth-order valence-electron chi connectivity index (χ4n) is 3.77. The standard InChI is InChI=1S/C18H29N2O10P/c1-6-26-31(24,27-7-2)16(22)14-12-13(30-18(3,4)29-12)15(28-14)19-9-8-11(21)20(10-25-5)17(19)23/h8-9,12-16,22H,6-7,10H2,1-5H3/t12-,13+,14-,15+,16+/m0/s1. The molecule has 2 saturated heterocycles. The van der Waals surface area contributed by atoms with E-state index in [0.717, 1.165) is 9.13 Å². The molecule has 5 atom stereocenters. The lowest BCUT2D eigenvalue weighted by Gasteiger charge is -2.30. The molecule has 1 N–H and O–H groups in total. The highest BCUT2D eigenvalue weighted by Crippen LogP contribution is 2.57. The minimum atomic E-state index is -3.98. The summed E-state index contributed by atoms with van der Waals surface area (Å²) >= 11 is 0. The van der Waals surface area contributed by atoms with Crippen LogP contribution in [-0.4, -0.2) is 64.5 Å². The second-order valence-corrected chi connectivity index (χ2v) is 9.66. The van der Waals surface area contributed by atoms with Crippen LogP contribution in [0.4, 0.5) is 0 Å². The molecule has 0 unspecified atom stereocenters. The Kier molecular flexibility index (Phi) is 7.24. The smallest absolute Gasteiger partial charge is 0.361 e. The number of hydrogen-bond donors (Lipinski definition) is 1. The van der Waals surface area contributed by atoms with Crippen LogP contribution in [0.1, 0.15) is 33.9 Å². The predicted molar refractivity (Wildman–Crippen MR) is 107 cm³/mol. The molecule has 0 spiro atoms. The van der Waals surface area contributed by atoms with Gasteiger partial charge in [-0.15, -0.1) is 0 Å². The van der Waals surface area contributed by atoms with E-state index in [4.69, 9.17) is 28.0 Å². The molecule has 176 valence electrons. The van der Waals surface area contributed by atoms with Gasteiger partial charge in [-0.1, -0.05) is 0 Å². The van der Waals surface area contributed by atoms with Crippen molar-refractivity contribution in [3.05, 3.63) is 33.1 Å². The molecule has 0 amide bonds. The zero-order chi connectivity index (χ0) is 23.0. The molecule has 2 aliphatic heterocycles. The molecule has 0 aromatic carbocycles. The van der Waals surface area contributed by atoms with Crippen molar-refractivity contribution in [1.82, 2.24) is 9.13 Å². The second-order valence-electron chi connectivity index (χ2n) is 7.53. The van der Waals surface area contributed by atoms with Crippen LogP contribution >= 0.6 is 7.60 Å². The van der Waals surface area contributed by atoms with Gasteiger partial charge in [0.1, 0.15) is 25.0 Å². The second kappa shape index (κ2) is 9.24. The van der Waals surface area contributed by atoms with E-state index < -0.39 is 55.0 Å². The van der Waals surface area contributed by atoms with E-state index in [9.17, 15) is 19.3 Å². The summed E-state index contributed by atoms with van der Waals surface area (Å²) < 4.78 is 48.4. The molecular weight excluding hydrogens is 435 g/mol. The molecule has 13 heteroatoms. The third-order valence-electron chi connectivity index (χ3n) is 4.93. The number of fused-ring (bicyclic) bond motifs is 1. The van der Waals surface area contributed by atoms with Gasteiger partial charge in [0.25, 0.3) is 5.56 Å². The molecule has 0 bridgehead atoms. The van der Waals surface area contributed by atoms with E-state index >= 15 is 0 Å². The average molecular weight is 464 g/mol. The minimum Gasteiger partial charge on any atom is -0.378 e. The molecule has 2 fully saturated rings. The van der Waals surface area contributed by atoms with E-state index in [0.29, 0.717) is 0 Å². The van der Waals surface area contributed by atoms with E-state index in [2.05, 4.69) is 0 Å². The Hall–Kier alpha value is -1.37. The highest BCUT2D eigenvalue weighted by molar-refractivity contribution is 7.54. The summed E-state index contributed by atoms with van der Waals surface area (Å²) in [6, 6.07) is 1.19. The number of hydrogen-bond acceptors (Lipinski definition) is 10. The summed E-state index contributed by atoms with van der Waals surface area (Å²) in [6.45, 7) is 6.42. The number of methoxy groups -OCH3 is 1. The Labute approximate surface area is 179 Å². The van der Waals surface area contributed by atoms with Gasteiger partial charge in [0.2, 0.25) is 0 Å². The SMILES string of the molecule is CCOP(=O)(OCC)[C@@H](O)[C@H]1O[C@@H](n2ccc(=O)n(COC)c2=O)[C@@H]2OC(C)(C)O[C@@H]21. The number of nitrogens with zero attached hydrogens (tertiary/aromatic N) is 2. The minimum absolute atomic E-state index is 0.0445. The predicted octanol–water partition coefficient (Wildman–Crippen LogP) is 0.616. The lowest BCUT2D eigenvalue weighted by molar-refractivity contribution is -0.204. The zero-order valence-electron chi connectivity index (χ0n) is 18.1. The fraction of sp³-hybridized carbons (Fsp3) is 0.778. The molecule has 31 heavy (non-hydrogen) atoms. The maximum absolute atomic E-state index is 13.1. The Morgan fingerprint density at radius 3 is 2.39 bits per heavy atom. The Morgan fingerprint density at radius 1 is 1.19 bits per heavy atom. The maximum Gasteiger partial charge on any atom is 0.361 e. The monoisotopic (exact) mass is 464 g/mol. The van der Waals surface area contributed by atoms with Crippen molar-refractivity contribution >= 4 is 7.60 Å². The van der Waals surface area contributed by atoms with Crippen LogP contribution in [0, 0.1) is 0 Å². The third kappa shape index (κ3) is 4.57. The highest BCUT2D eigenvalue weighted by Gasteiger charge is 2.61. The van der Waals surface area contributed by atoms with Crippen molar-refractivity contribution < 1.29 is 37.7 Å². The topological polar surface area (TPSA) is 137 Å². The quantitative estimate of drug-likeness (QED) is 0.518. The van der Waals surface area contributed by atoms with Gasteiger partial charge in [-0.2, -0.15) is 0 Å². The van der Waals surface area contributed by atoms with Crippen LogP contribution in [0.15, 0.2) is 21.9 Å². The Morgan fingerprint density at radius 2 is 1.81 bits per heavy atom. The first kappa shape index (κ1) is 24.3. The first-order valence-corrected chi connectivity index (χ1v) is 11.6. The van der Waals surface area contributed by atoms with Crippen LogP contribution in [0.25, 0.3) is 0 Å². The molecule has 1 aromatic heterocycles. The molecule has 3 heterocycles. The lowest BCUT2D eigenvalue weighted by atomic mass is 10.1. The van der Waals surface area contributed by atoms with Crippen molar-refractivity contribution in [3.63, 3.8) is 0 Å². The fourth-order valence-corrected chi connectivity index (χ4v) is 5.47. The first-order chi connectivity index (χ1) is 14.6. The maximum atomic E-state index is 13.1. The van der Waals surface area contributed by atoms with E-state index in [1.807, 2.05) is 0 Å². The van der Waals surface area contributed by atoms with Gasteiger partial charge in [-0.25, -0.2) is 9.36 Å². The van der Waals surface area contributed by atoms with Gasteiger partial charge in [0.15, 0.2) is 17.9 Å². The number of aromatic nitrogens is 2. The summed E-state index contributed by atoms with van der Waals surface area (Å²) in [4.78, 5) is 24.9. The van der Waals surface area contributed by atoms with Crippen LogP contribution in [-0.2, 0) is 39.3 Å². The molecule has 2 aliphatic rings. The van der Waals surface area contributed by atoms with Gasteiger partial charge in [0, 0.05) is 19.4 Å². The normalized spacial score (nSPS) is 28.6. The average Bonchev–Trinajstić information content (AvgIpc) is 3.18. The van der Waals surface area contributed by atoms with Gasteiger partial charge < -0.3 is 33.1 Å². The van der Waals surface area contributed by atoms with Crippen molar-refractivity contribution in [2.75, 3.05) is 20.3 Å². The summed E-state index contributed by atoms with van der Waals surface area (Å²) in [6.07, 6.45) is -2.70. The van der Waals surface area contributed by atoms with Gasteiger partial charge in [0.05, 0.1) is 13.2 Å². The summed E-state index contributed by atoms with van der Waals surface area (Å²) in [5, 5.41) is 10.9. The molecule has 0 radical (unpaired) electrons. The van der Waals surface area contributed by atoms with Crippen LogP contribution in [0.2, 0.25) is 0 Å². The molecule has 3 rings (SSSR count).